The maximum Gasteiger partial charge on any atom is 0.282 e. The highest BCUT2D eigenvalue weighted by Crippen LogP contribution is 2.21. The van der Waals surface area contributed by atoms with E-state index in [9.17, 15) is 22.0 Å². The number of halogens is 3. The molecule has 0 aromatic heterocycles. The molecule has 1 aliphatic heterocycles. The van der Waals surface area contributed by atoms with Crippen LogP contribution in [0.25, 0.3) is 0 Å². The average molecular weight is 416 g/mol. The van der Waals surface area contributed by atoms with Crippen LogP contribution in [-0.2, 0) is 21.5 Å². The molecule has 3 rings (SSSR count). The fourth-order valence-corrected chi connectivity index (χ4v) is 4.34. The first-order chi connectivity index (χ1) is 12.8. The molecule has 2 aromatic carbocycles. The van der Waals surface area contributed by atoms with E-state index >= 15 is 0 Å². The van der Waals surface area contributed by atoms with Gasteiger partial charge in [0.25, 0.3) is 10.2 Å². The van der Waals surface area contributed by atoms with Gasteiger partial charge in [0.1, 0.15) is 11.6 Å². The van der Waals surface area contributed by atoms with Crippen molar-refractivity contribution < 1.29 is 22.0 Å². The average Bonchev–Trinajstić information content (AvgIpc) is 2.87. The van der Waals surface area contributed by atoms with Gasteiger partial charge in [-0.2, -0.15) is 17.0 Å². The zero-order valence-electron chi connectivity index (χ0n) is 14.0. The predicted molar refractivity (Wildman–Crippen MR) is 97.3 cm³/mol. The summed E-state index contributed by atoms with van der Waals surface area (Å²) in [4.78, 5) is 12.1. The van der Waals surface area contributed by atoms with Gasteiger partial charge in [-0.1, -0.05) is 23.7 Å². The molecule has 6 nitrogen and oxygen atoms in total. The van der Waals surface area contributed by atoms with Gasteiger partial charge < -0.3 is 5.32 Å². The lowest BCUT2D eigenvalue weighted by Gasteiger charge is -2.18. The zero-order chi connectivity index (χ0) is 19.6. The van der Waals surface area contributed by atoms with Crippen LogP contribution in [0, 0.1) is 11.6 Å². The van der Waals surface area contributed by atoms with E-state index in [1.54, 1.807) is 24.3 Å². The molecule has 0 atom stereocenters. The topological polar surface area (TPSA) is 69.7 Å². The summed E-state index contributed by atoms with van der Waals surface area (Å²) in [5.74, 6) is -2.42. The van der Waals surface area contributed by atoms with E-state index in [1.807, 2.05) is 0 Å². The molecule has 0 aliphatic carbocycles. The van der Waals surface area contributed by atoms with E-state index in [-0.39, 0.29) is 25.3 Å². The molecule has 0 radical (unpaired) electrons. The predicted octanol–water partition coefficient (Wildman–Crippen LogP) is 2.62. The maximum absolute atomic E-state index is 13.6. The monoisotopic (exact) mass is 415 g/mol. The Kier molecular flexibility index (Phi) is 5.75. The number of amides is 1. The number of hydrogen-bond acceptors (Lipinski definition) is 3. The van der Waals surface area contributed by atoms with Crippen LogP contribution in [0.1, 0.15) is 5.56 Å². The van der Waals surface area contributed by atoms with Crippen molar-refractivity contribution in [2.24, 2.45) is 0 Å². The standard InChI is InChI=1S/C17H16ClF2N3O3S/c18-13-3-1-12(2-4-13)10-22-7-8-23(27(22,25)26)11-17(24)21-16-6-5-14(19)9-15(16)20/h1-6,9H,7-8,10-11H2,(H,21,24). The minimum Gasteiger partial charge on any atom is -0.322 e. The first-order valence-electron chi connectivity index (χ1n) is 8.00. The molecule has 27 heavy (non-hydrogen) atoms. The third-order valence-electron chi connectivity index (χ3n) is 4.05. The molecule has 0 unspecified atom stereocenters. The molecule has 0 bridgehead atoms. The van der Waals surface area contributed by atoms with Gasteiger partial charge in [-0.3, -0.25) is 4.79 Å². The Morgan fingerprint density at radius 2 is 1.74 bits per heavy atom. The fourth-order valence-electron chi connectivity index (χ4n) is 2.67. The summed E-state index contributed by atoms with van der Waals surface area (Å²) < 4.78 is 53.9. The van der Waals surface area contributed by atoms with E-state index in [2.05, 4.69) is 5.32 Å². The summed E-state index contributed by atoms with van der Waals surface area (Å²) in [6.07, 6.45) is 0. The normalized spacial score (nSPS) is 17.1. The summed E-state index contributed by atoms with van der Waals surface area (Å²) in [6.45, 7) is 0.0544. The Labute approximate surface area is 160 Å². The minimum absolute atomic E-state index is 0.134. The van der Waals surface area contributed by atoms with Gasteiger partial charge in [-0.25, -0.2) is 8.78 Å². The lowest BCUT2D eigenvalue weighted by molar-refractivity contribution is -0.116. The molecule has 144 valence electrons. The van der Waals surface area contributed by atoms with Crippen LogP contribution < -0.4 is 5.32 Å². The highest BCUT2D eigenvalue weighted by atomic mass is 35.5. The molecule has 1 fully saturated rings. The van der Waals surface area contributed by atoms with Crippen LogP contribution in [-0.4, -0.2) is 42.6 Å². The van der Waals surface area contributed by atoms with Crippen LogP contribution in [0.3, 0.4) is 0 Å². The van der Waals surface area contributed by atoms with Crippen molar-refractivity contribution in [3.63, 3.8) is 0 Å². The molecule has 10 heteroatoms. The fraction of sp³-hybridized carbons (Fsp3) is 0.235. The van der Waals surface area contributed by atoms with Crippen molar-refractivity contribution in [1.29, 1.82) is 0 Å². The zero-order valence-corrected chi connectivity index (χ0v) is 15.6. The Morgan fingerprint density at radius 3 is 2.41 bits per heavy atom. The Balaban J connectivity index is 1.63. The second-order valence-corrected chi connectivity index (χ2v) is 8.34. The van der Waals surface area contributed by atoms with Crippen LogP contribution in [0.5, 0.6) is 0 Å². The summed E-state index contributed by atoms with van der Waals surface area (Å²) in [5, 5.41) is 2.80. The lowest BCUT2D eigenvalue weighted by atomic mass is 10.2. The Bertz CT molecular complexity index is 954. The summed E-state index contributed by atoms with van der Waals surface area (Å²) in [7, 11) is -3.82. The van der Waals surface area contributed by atoms with Crippen LogP contribution in [0.4, 0.5) is 14.5 Å². The minimum atomic E-state index is -3.82. The van der Waals surface area contributed by atoms with Gasteiger partial charge in [0.15, 0.2) is 0 Å². The first-order valence-corrected chi connectivity index (χ1v) is 9.78. The van der Waals surface area contributed by atoms with Gasteiger partial charge in [-0.05, 0) is 29.8 Å². The van der Waals surface area contributed by atoms with Gasteiger partial charge in [0, 0.05) is 30.7 Å². The number of carbonyl (C=O) groups is 1. The van der Waals surface area contributed by atoms with Gasteiger partial charge in [0.05, 0.1) is 12.2 Å². The van der Waals surface area contributed by atoms with Crippen molar-refractivity contribution >= 4 is 33.4 Å². The van der Waals surface area contributed by atoms with Crippen molar-refractivity contribution in [3.05, 3.63) is 64.7 Å². The van der Waals surface area contributed by atoms with E-state index < -0.39 is 34.3 Å². The van der Waals surface area contributed by atoms with Crippen LogP contribution >= 0.6 is 11.6 Å². The third-order valence-corrected chi connectivity index (χ3v) is 6.23. The number of benzene rings is 2. The first kappa shape index (κ1) is 19.7. The number of nitrogens with one attached hydrogen (secondary N) is 1. The molecular formula is C17H16ClF2N3O3S. The largest absolute Gasteiger partial charge is 0.322 e. The lowest BCUT2D eigenvalue weighted by Crippen LogP contribution is -2.38. The molecule has 0 saturated carbocycles. The van der Waals surface area contributed by atoms with Crippen LogP contribution in [0.15, 0.2) is 42.5 Å². The van der Waals surface area contributed by atoms with Crippen LogP contribution in [0.2, 0.25) is 5.02 Å². The van der Waals surface area contributed by atoms with Gasteiger partial charge in [0.2, 0.25) is 5.91 Å². The molecule has 1 saturated heterocycles. The number of nitrogens with zero attached hydrogens (tertiary/aromatic N) is 2. The highest BCUT2D eigenvalue weighted by Gasteiger charge is 2.37. The Hall–Kier alpha value is -2.07. The number of rotatable bonds is 5. The SMILES string of the molecule is O=C(CN1CCN(Cc2ccc(Cl)cc2)S1(=O)=O)Nc1ccc(F)cc1F. The number of hydrogen-bond donors (Lipinski definition) is 1. The van der Waals surface area contributed by atoms with Gasteiger partial charge >= 0.3 is 0 Å². The maximum atomic E-state index is 13.6. The van der Waals surface area contributed by atoms with E-state index in [1.165, 1.54) is 4.31 Å². The molecule has 1 N–H and O–H groups in total. The van der Waals surface area contributed by atoms with Crippen molar-refractivity contribution in [2.75, 3.05) is 25.0 Å². The summed E-state index contributed by atoms with van der Waals surface area (Å²) >= 11 is 5.82. The highest BCUT2D eigenvalue weighted by molar-refractivity contribution is 7.87. The molecule has 1 amide bonds. The van der Waals surface area contributed by atoms with E-state index in [4.69, 9.17) is 11.6 Å². The summed E-state index contributed by atoms with van der Waals surface area (Å²) in [5.41, 5.74) is 0.554. The molecule has 2 aromatic rings. The smallest absolute Gasteiger partial charge is 0.282 e. The summed E-state index contributed by atoms with van der Waals surface area (Å²) in [6, 6.07) is 9.50. The second kappa shape index (κ2) is 7.89. The Morgan fingerprint density at radius 1 is 1.07 bits per heavy atom. The van der Waals surface area contributed by atoms with Crippen molar-refractivity contribution in [3.8, 4) is 0 Å². The molecule has 0 spiro atoms. The van der Waals surface area contributed by atoms with E-state index in [0.717, 1.165) is 22.0 Å². The second-order valence-electron chi connectivity index (χ2n) is 5.97. The number of anilines is 1. The number of carbonyl (C=O) groups excluding carboxylic acids is 1. The van der Waals surface area contributed by atoms with Crippen molar-refractivity contribution in [1.82, 2.24) is 8.61 Å². The molecule has 1 aliphatic rings. The van der Waals surface area contributed by atoms with E-state index in [0.29, 0.717) is 11.1 Å². The van der Waals surface area contributed by atoms with Gasteiger partial charge in [-0.15, -0.1) is 0 Å². The third kappa shape index (κ3) is 4.62. The molecule has 1 heterocycles. The molecular weight excluding hydrogens is 400 g/mol. The van der Waals surface area contributed by atoms with Crippen molar-refractivity contribution in [2.45, 2.75) is 6.54 Å². The quantitative estimate of drug-likeness (QED) is 0.816.